The quantitative estimate of drug-likeness (QED) is 0.759. The first kappa shape index (κ1) is 9.32. The lowest BCUT2D eigenvalue weighted by atomic mass is 10.0. The van der Waals surface area contributed by atoms with E-state index in [4.69, 9.17) is 5.11 Å². The molecule has 1 aromatic carbocycles. The van der Waals surface area contributed by atoms with Crippen molar-refractivity contribution in [3.05, 3.63) is 41.2 Å². The first-order chi connectivity index (χ1) is 7.27. The molecule has 0 aliphatic rings. The van der Waals surface area contributed by atoms with Gasteiger partial charge in [-0.25, -0.2) is 4.79 Å². The molecule has 0 spiro atoms. The highest BCUT2D eigenvalue weighted by molar-refractivity contribution is 5.89. The Morgan fingerprint density at radius 2 is 2.20 bits per heavy atom. The van der Waals surface area contributed by atoms with Crippen molar-refractivity contribution in [1.82, 2.24) is 20.6 Å². The second kappa shape index (κ2) is 3.87. The number of carbonyl (C=O) groups is 1. The summed E-state index contributed by atoms with van der Waals surface area (Å²) in [5.41, 5.74) is 0.939. The zero-order valence-electron chi connectivity index (χ0n) is 7.71. The maximum atomic E-state index is 10.9. The molecule has 0 saturated heterocycles. The molecule has 0 bridgehead atoms. The molecule has 0 atom stereocenters. The lowest BCUT2D eigenvalue weighted by Crippen LogP contribution is -2.03. The molecule has 0 amide bonds. The van der Waals surface area contributed by atoms with E-state index in [0.717, 1.165) is 0 Å². The van der Waals surface area contributed by atoms with Crippen LogP contribution < -0.4 is 0 Å². The van der Waals surface area contributed by atoms with Crippen LogP contribution in [0.15, 0.2) is 24.3 Å². The Hall–Kier alpha value is -2.24. The number of hydrogen-bond donors (Lipinski definition) is 2. The normalized spacial score (nSPS) is 10.1. The van der Waals surface area contributed by atoms with Crippen LogP contribution in [0.25, 0.3) is 0 Å². The summed E-state index contributed by atoms with van der Waals surface area (Å²) in [6.07, 6.45) is 0.360. The van der Waals surface area contributed by atoms with Gasteiger partial charge in [0.05, 0.1) is 5.56 Å². The predicted octanol–water partition coefficient (Wildman–Crippen LogP) is 0.489. The van der Waals surface area contributed by atoms with Crippen LogP contribution >= 0.6 is 0 Å². The summed E-state index contributed by atoms with van der Waals surface area (Å²) in [6, 6.07) is 6.75. The molecular formula is C9H8N4O2. The number of carboxylic acids is 1. The van der Waals surface area contributed by atoms with E-state index in [-0.39, 0.29) is 5.56 Å². The molecule has 2 N–H and O–H groups in total. The van der Waals surface area contributed by atoms with Crippen molar-refractivity contribution in [2.24, 2.45) is 0 Å². The van der Waals surface area contributed by atoms with E-state index in [1.807, 2.05) is 0 Å². The van der Waals surface area contributed by atoms with Crippen LogP contribution in [-0.2, 0) is 6.42 Å². The fourth-order valence-electron chi connectivity index (χ4n) is 1.31. The molecule has 0 saturated carbocycles. The third-order valence-corrected chi connectivity index (χ3v) is 1.99. The summed E-state index contributed by atoms with van der Waals surface area (Å²) in [5, 5.41) is 22.2. The number of benzene rings is 1. The van der Waals surface area contributed by atoms with Gasteiger partial charge in [-0.05, 0) is 11.6 Å². The van der Waals surface area contributed by atoms with Gasteiger partial charge in [-0.3, -0.25) is 0 Å². The van der Waals surface area contributed by atoms with Crippen molar-refractivity contribution in [3.8, 4) is 0 Å². The maximum Gasteiger partial charge on any atom is 0.335 e. The maximum absolute atomic E-state index is 10.9. The van der Waals surface area contributed by atoms with Gasteiger partial charge in [0.1, 0.15) is 0 Å². The van der Waals surface area contributed by atoms with Crippen LogP contribution in [-0.4, -0.2) is 31.7 Å². The summed E-state index contributed by atoms with van der Waals surface area (Å²) >= 11 is 0. The van der Waals surface area contributed by atoms with Crippen molar-refractivity contribution >= 4 is 5.97 Å². The predicted molar refractivity (Wildman–Crippen MR) is 50.4 cm³/mol. The standard InChI is InChI=1S/C9H8N4O2/c14-9(15)7-4-2-1-3-6(7)5-8-10-12-13-11-8/h1-4H,5H2,(H,14,15)(H,10,11,12,13). The number of H-pyrrole nitrogens is 1. The minimum Gasteiger partial charge on any atom is -0.478 e. The molecule has 1 aromatic heterocycles. The van der Waals surface area contributed by atoms with Crippen LogP contribution in [0.5, 0.6) is 0 Å². The van der Waals surface area contributed by atoms with E-state index < -0.39 is 5.97 Å². The van der Waals surface area contributed by atoms with Gasteiger partial charge in [0, 0.05) is 6.42 Å². The Kier molecular flexibility index (Phi) is 2.40. The Morgan fingerprint density at radius 3 is 2.87 bits per heavy atom. The largest absolute Gasteiger partial charge is 0.478 e. The molecule has 0 aliphatic carbocycles. The number of carboxylic acid groups (broad SMARTS) is 1. The van der Waals surface area contributed by atoms with E-state index in [9.17, 15) is 4.79 Å². The highest BCUT2D eigenvalue weighted by Crippen LogP contribution is 2.11. The van der Waals surface area contributed by atoms with E-state index in [1.54, 1.807) is 24.3 Å². The molecular weight excluding hydrogens is 196 g/mol. The van der Waals surface area contributed by atoms with Gasteiger partial charge in [0.2, 0.25) is 0 Å². The summed E-state index contributed by atoms with van der Waals surface area (Å²) < 4.78 is 0. The van der Waals surface area contributed by atoms with Gasteiger partial charge < -0.3 is 5.11 Å². The third-order valence-electron chi connectivity index (χ3n) is 1.99. The SMILES string of the molecule is O=C(O)c1ccccc1Cc1nn[nH]n1. The Morgan fingerprint density at radius 1 is 1.40 bits per heavy atom. The van der Waals surface area contributed by atoms with E-state index in [2.05, 4.69) is 20.6 Å². The molecule has 0 radical (unpaired) electrons. The average Bonchev–Trinajstić information content (AvgIpc) is 2.71. The van der Waals surface area contributed by atoms with Crippen LogP contribution in [0, 0.1) is 0 Å². The van der Waals surface area contributed by atoms with E-state index >= 15 is 0 Å². The highest BCUT2D eigenvalue weighted by atomic mass is 16.4. The lowest BCUT2D eigenvalue weighted by Gasteiger charge is -2.01. The van der Waals surface area contributed by atoms with Gasteiger partial charge in [0.25, 0.3) is 0 Å². The summed E-state index contributed by atoms with van der Waals surface area (Å²) in [6.45, 7) is 0. The Balaban J connectivity index is 2.32. The smallest absolute Gasteiger partial charge is 0.335 e. The Bertz CT molecular complexity index is 467. The highest BCUT2D eigenvalue weighted by Gasteiger charge is 2.10. The lowest BCUT2D eigenvalue weighted by molar-refractivity contribution is 0.0696. The summed E-state index contributed by atoms with van der Waals surface area (Å²) in [4.78, 5) is 10.9. The molecule has 15 heavy (non-hydrogen) atoms. The molecule has 0 fully saturated rings. The monoisotopic (exact) mass is 204 g/mol. The van der Waals surface area contributed by atoms with Gasteiger partial charge in [-0.2, -0.15) is 5.21 Å². The van der Waals surface area contributed by atoms with Crippen molar-refractivity contribution < 1.29 is 9.90 Å². The molecule has 6 nitrogen and oxygen atoms in total. The topological polar surface area (TPSA) is 91.8 Å². The van der Waals surface area contributed by atoms with E-state index in [1.165, 1.54) is 0 Å². The van der Waals surface area contributed by atoms with Crippen LogP contribution in [0.1, 0.15) is 21.7 Å². The molecule has 6 heteroatoms. The van der Waals surface area contributed by atoms with Crippen LogP contribution in [0.3, 0.4) is 0 Å². The number of tetrazole rings is 1. The fourth-order valence-corrected chi connectivity index (χ4v) is 1.31. The number of nitrogens with zero attached hydrogens (tertiary/aromatic N) is 3. The number of hydrogen-bond acceptors (Lipinski definition) is 4. The molecule has 2 rings (SSSR count). The van der Waals surface area contributed by atoms with Crippen molar-refractivity contribution in [2.75, 3.05) is 0 Å². The van der Waals surface area contributed by atoms with Gasteiger partial charge in [-0.1, -0.05) is 23.4 Å². The summed E-state index contributed by atoms with van der Waals surface area (Å²) in [7, 11) is 0. The van der Waals surface area contributed by atoms with Crippen molar-refractivity contribution in [3.63, 3.8) is 0 Å². The van der Waals surface area contributed by atoms with Crippen molar-refractivity contribution in [1.29, 1.82) is 0 Å². The molecule has 1 heterocycles. The number of nitrogens with one attached hydrogen (secondary N) is 1. The van der Waals surface area contributed by atoms with Gasteiger partial charge in [0.15, 0.2) is 5.82 Å². The second-order valence-corrected chi connectivity index (χ2v) is 2.97. The summed E-state index contributed by atoms with van der Waals surface area (Å²) in [5.74, 6) is -0.474. The fraction of sp³-hybridized carbons (Fsp3) is 0.111. The van der Waals surface area contributed by atoms with Crippen LogP contribution in [0.4, 0.5) is 0 Å². The molecule has 0 unspecified atom stereocenters. The van der Waals surface area contributed by atoms with Gasteiger partial charge in [-0.15, -0.1) is 10.2 Å². The van der Waals surface area contributed by atoms with Gasteiger partial charge >= 0.3 is 5.97 Å². The number of aromatic nitrogens is 4. The number of aromatic amines is 1. The van der Waals surface area contributed by atoms with Crippen LogP contribution in [0.2, 0.25) is 0 Å². The zero-order valence-corrected chi connectivity index (χ0v) is 7.71. The minimum absolute atomic E-state index is 0.266. The zero-order chi connectivity index (χ0) is 10.7. The Labute approximate surface area is 84.9 Å². The van der Waals surface area contributed by atoms with Crippen molar-refractivity contribution in [2.45, 2.75) is 6.42 Å². The van der Waals surface area contributed by atoms with E-state index in [0.29, 0.717) is 17.8 Å². The first-order valence-electron chi connectivity index (χ1n) is 4.31. The second-order valence-electron chi connectivity index (χ2n) is 2.97. The molecule has 0 aliphatic heterocycles. The average molecular weight is 204 g/mol. The minimum atomic E-state index is -0.950. The number of rotatable bonds is 3. The first-order valence-corrected chi connectivity index (χ1v) is 4.31. The molecule has 76 valence electrons. The third kappa shape index (κ3) is 1.98. The number of aromatic carboxylic acids is 1. The molecule has 2 aromatic rings.